The number of sulfonamides is 1. The number of nitrogens with two attached hydrogens (primary N) is 1. The molecule has 0 spiro atoms. The highest BCUT2D eigenvalue weighted by molar-refractivity contribution is 9.10. The molecule has 1 unspecified atom stereocenters. The molecule has 8 heteroatoms. The van der Waals surface area contributed by atoms with Gasteiger partial charge in [0.15, 0.2) is 0 Å². The second kappa shape index (κ2) is 5.89. The fourth-order valence-electron chi connectivity index (χ4n) is 1.47. The van der Waals surface area contributed by atoms with Crippen LogP contribution in [0.5, 0.6) is 0 Å². The Morgan fingerprint density at radius 2 is 2.05 bits per heavy atom. The Labute approximate surface area is 120 Å². The van der Waals surface area contributed by atoms with Gasteiger partial charge in [-0.3, -0.25) is 4.79 Å². The van der Waals surface area contributed by atoms with E-state index in [9.17, 15) is 13.2 Å². The minimum absolute atomic E-state index is 0.0233. The molecule has 3 N–H and O–H groups in total. The van der Waals surface area contributed by atoms with Crippen LogP contribution in [-0.2, 0) is 19.6 Å². The standard InChI is InChI=1S/C11H15BrN2O4S/c1-6-9(13)4-8(12)5-10(6)19(16,17)14-7(2)11(15)18-3/h4-5,7,14H,13H2,1-3H3. The van der Waals surface area contributed by atoms with Crippen LogP contribution < -0.4 is 10.5 Å². The molecule has 0 aliphatic carbocycles. The summed E-state index contributed by atoms with van der Waals surface area (Å²) in [5, 5.41) is 0. The van der Waals surface area contributed by atoms with Gasteiger partial charge in [0.25, 0.3) is 0 Å². The average Bonchev–Trinajstić information content (AvgIpc) is 2.31. The minimum atomic E-state index is -3.85. The van der Waals surface area contributed by atoms with Gasteiger partial charge in [0, 0.05) is 10.2 Å². The lowest BCUT2D eigenvalue weighted by Gasteiger charge is -2.15. The third-order valence-corrected chi connectivity index (χ3v) is 4.67. The van der Waals surface area contributed by atoms with E-state index < -0.39 is 22.0 Å². The molecule has 0 heterocycles. The third kappa shape index (κ3) is 3.68. The van der Waals surface area contributed by atoms with Crippen molar-refractivity contribution in [2.75, 3.05) is 12.8 Å². The van der Waals surface area contributed by atoms with E-state index in [1.54, 1.807) is 13.0 Å². The zero-order valence-electron chi connectivity index (χ0n) is 10.7. The topological polar surface area (TPSA) is 98.5 Å². The maximum Gasteiger partial charge on any atom is 0.323 e. The zero-order chi connectivity index (χ0) is 14.8. The van der Waals surface area contributed by atoms with Crippen LogP contribution in [0.4, 0.5) is 5.69 Å². The number of nitrogen functional groups attached to an aromatic ring is 1. The number of rotatable bonds is 4. The Kier molecular flexibility index (Phi) is 4.94. The van der Waals surface area contributed by atoms with Crippen LogP contribution in [0.2, 0.25) is 0 Å². The van der Waals surface area contributed by atoms with Crippen LogP contribution in [0.3, 0.4) is 0 Å². The summed E-state index contributed by atoms with van der Waals surface area (Å²) in [4.78, 5) is 11.3. The third-order valence-electron chi connectivity index (χ3n) is 2.54. The molecule has 1 aromatic rings. The Bertz CT molecular complexity index is 601. The zero-order valence-corrected chi connectivity index (χ0v) is 13.1. The first-order valence-electron chi connectivity index (χ1n) is 5.35. The second-order valence-corrected chi connectivity index (χ2v) is 6.58. The number of methoxy groups -OCH3 is 1. The molecule has 0 fully saturated rings. The van der Waals surface area contributed by atoms with Crippen LogP contribution >= 0.6 is 15.9 Å². The lowest BCUT2D eigenvalue weighted by molar-refractivity contribution is -0.142. The van der Waals surface area contributed by atoms with Gasteiger partial charge in [0.05, 0.1) is 12.0 Å². The number of halogens is 1. The van der Waals surface area contributed by atoms with Crippen molar-refractivity contribution >= 4 is 37.6 Å². The summed E-state index contributed by atoms with van der Waals surface area (Å²) in [6.45, 7) is 3.00. The van der Waals surface area contributed by atoms with Crippen molar-refractivity contribution in [1.82, 2.24) is 4.72 Å². The number of benzene rings is 1. The largest absolute Gasteiger partial charge is 0.468 e. The van der Waals surface area contributed by atoms with Gasteiger partial charge < -0.3 is 10.5 Å². The number of nitrogens with one attached hydrogen (secondary N) is 1. The van der Waals surface area contributed by atoms with E-state index >= 15 is 0 Å². The summed E-state index contributed by atoms with van der Waals surface area (Å²) in [7, 11) is -2.66. The molecule has 0 aliphatic heterocycles. The molecule has 1 aromatic carbocycles. The Morgan fingerprint density at radius 3 is 2.58 bits per heavy atom. The van der Waals surface area contributed by atoms with Gasteiger partial charge in [0.2, 0.25) is 10.0 Å². The Balaban J connectivity index is 3.18. The first-order valence-corrected chi connectivity index (χ1v) is 7.62. The monoisotopic (exact) mass is 350 g/mol. The van der Waals surface area contributed by atoms with Crippen LogP contribution in [0.1, 0.15) is 12.5 Å². The first kappa shape index (κ1) is 15.9. The number of carbonyl (C=O) groups excluding carboxylic acids is 1. The van der Waals surface area contributed by atoms with Crippen LogP contribution in [0, 0.1) is 6.92 Å². The lowest BCUT2D eigenvalue weighted by atomic mass is 10.2. The van der Waals surface area contributed by atoms with Gasteiger partial charge in [0.1, 0.15) is 6.04 Å². The van der Waals surface area contributed by atoms with Crippen molar-refractivity contribution in [1.29, 1.82) is 0 Å². The molecule has 0 radical (unpaired) electrons. The maximum absolute atomic E-state index is 12.2. The maximum atomic E-state index is 12.2. The van der Waals surface area contributed by atoms with E-state index in [1.807, 2.05) is 0 Å². The van der Waals surface area contributed by atoms with Gasteiger partial charge in [-0.05, 0) is 31.5 Å². The number of esters is 1. The van der Waals surface area contributed by atoms with E-state index in [2.05, 4.69) is 25.4 Å². The molecule has 1 rings (SSSR count). The molecule has 1 atom stereocenters. The van der Waals surface area contributed by atoms with E-state index in [-0.39, 0.29) is 4.90 Å². The summed E-state index contributed by atoms with van der Waals surface area (Å²) in [5.41, 5.74) is 6.49. The molecule has 106 valence electrons. The van der Waals surface area contributed by atoms with Gasteiger partial charge >= 0.3 is 5.97 Å². The molecular weight excluding hydrogens is 336 g/mol. The SMILES string of the molecule is COC(=O)C(C)NS(=O)(=O)c1cc(Br)cc(N)c1C. The number of ether oxygens (including phenoxy) is 1. The quantitative estimate of drug-likeness (QED) is 0.627. The summed E-state index contributed by atoms with van der Waals surface area (Å²) in [6.07, 6.45) is 0. The average molecular weight is 351 g/mol. The lowest BCUT2D eigenvalue weighted by Crippen LogP contribution is -2.39. The first-order chi connectivity index (χ1) is 8.69. The molecule has 6 nitrogen and oxygen atoms in total. The van der Waals surface area contributed by atoms with E-state index in [0.29, 0.717) is 15.7 Å². The number of hydrogen-bond donors (Lipinski definition) is 2. The van der Waals surface area contributed by atoms with Crippen molar-refractivity contribution in [3.05, 3.63) is 22.2 Å². The minimum Gasteiger partial charge on any atom is -0.468 e. The highest BCUT2D eigenvalue weighted by atomic mass is 79.9. The van der Waals surface area contributed by atoms with Crippen molar-refractivity contribution in [2.45, 2.75) is 24.8 Å². The smallest absolute Gasteiger partial charge is 0.323 e. The van der Waals surface area contributed by atoms with Gasteiger partial charge in [-0.25, -0.2) is 8.42 Å². The predicted molar refractivity (Wildman–Crippen MR) is 75.1 cm³/mol. The second-order valence-electron chi connectivity index (χ2n) is 3.98. The van der Waals surface area contributed by atoms with Gasteiger partial charge in [-0.2, -0.15) is 4.72 Å². The van der Waals surface area contributed by atoms with Crippen molar-refractivity contribution < 1.29 is 17.9 Å². The van der Waals surface area contributed by atoms with Crippen molar-refractivity contribution in [3.63, 3.8) is 0 Å². The normalized spacial score (nSPS) is 13.1. The fraction of sp³-hybridized carbons (Fsp3) is 0.364. The summed E-state index contributed by atoms with van der Waals surface area (Å²) in [6, 6.07) is 2.06. The highest BCUT2D eigenvalue weighted by Crippen LogP contribution is 2.26. The molecule has 19 heavy (non-hydrogen) atoms. The molecule has 0 bridgehead atoms. The summed E-state index contributed by atoms with van der Waals surface area (Å²) >= 11 is 3.18. The van der Waals surface area contributed by atoms with Gasteiger partial charge in [-0.15, -0.1) is 0 Å². The number of anilines is 1. The molecule has 0 aromatic heterocycles. The van der Waals surface area contributed by atoms with Crippen LogP contribution in [0.15, 0.2) is 21.5 Å². The molecular formula is C11H15BrN2O4S. The van der Waals surface area contributed by atoms with Crippen LogP contribution in [0.25, 0.3) is 0 Å². The predicted octanol–water partition coefficient (Wildman–Crippen LogP) is 1.18. The number of carbonyl (C=O) groups is 1. The highest BCUT2D eigenvalue weighted by Gasteiger charge is 2.24. The van der Waals surface area contributed by atoms with E-state index in [4.69, 9.17) is 5.73 Å². The fourth-order valence-corrected chi connectivity index (χ4v) is 3.59. The van der Waals surface area contributed by atoms with Crippen molar-refractivity contribution in [3.8, 4) is 0 Å². The van der Waals surface area contributed by atoms with Crippen molar-refractivity contribution in [2.24, 2.45) is 0 Å². The molecule has 0 saturated heterocycles. The molecule has 0 saturated carbocycles. The Hall–Kier alpha value is -1.12. The van der Waals surface area contributed by atoms with Crippen LogP contribution in [-0.4, -0.2) is 27.5 Å². The van der Waals surface area contributed by atoms with E-state index in [0.717, 1.165) is 0 Å². The van der Waals surface area contributed by atoms with E-state index in [1.165, 1.54) is 20.1 Å². The molecule has 0 amide bonds. The Morgan fingerprint density at radius 1 is 1.47 bits per heavy atom. The summed E-state index contributed by atoms with van der Waals surface area (Å²) < 4.78 is 31.6. The summed E-state index contributed by atoms with van der Waals surface area (Å²) in [5.74, 6) is -0.663. The number of hydrogen-bond acceptors (Lipinski definition) is 5. The van der Waals surface area contributed by atoms with Gasteiger partial charge in [-0.1, -0.05) is 15.9 Å². The molecule has 0 aliphatic rings.